The third kappa shape index (κ3) is 12.4. The lowest BCUT2D eigenvalue weighted by Crippen LogP contribution is -2.12. The fourth-order valence-electron chi connectivity index (χ4n) is 2.81. The summed E-state index contributed by atoms with van der Waals surface area (Å²) < 4.78 is 0. The van der Waals surface area contributed by atoms with Crippen molar-refractivity contribution >= 4 is 34.7 Å². The van der Waals surface area contributed by atoms with Gasteiger partial charge in [0.25, 0.3) is 0 Å². The second-order valence-electron chi connectivity index (χ2n) is 8.13. The van der Waals surface area contributed by atoms with Crippen LogP contribution in [0.3, 0.4) is 0 Å². The van der Waals surface area contributed by atoms with E-state index in [0.717, 1.165) is 40.0 Å². The summed E-state index contributed by atoms with van der Waals surface area (Å²) in [6, 6.07) is 8.52. The van der Waals surface area contributed by atoms with Crippen molar-refractivity contribution in [3.05, 3.63) is 47.5 Å². The first-order valence-corrected chi connectivity index (χ1v) is 12.4. The van der Waals surface area contributed by atoms with Crippen LogP contribution in [0.4, 0.5) is 11.6 Å². The Kier molecular flexibility index (Phi) is 15.6. The lowest BCUT2D eigenvalue weighted by molar-refractivity contribution is -0.106. The summed E-state index contributed by atoms with van der Waals surface area (Å²) in [6.07, 6.45) is 4.06. The molecule has 0 amide bonds. The average Bonchev–Trinajstić information content (AvgIpc) is 3.32. The van der Waals surface area contributed by atoms with Gasteiger partial charge in [0.05, 0.1) is 5.04 Å². The molecule has 0 aliphatic carbocycles. The van der Waals surface area contributed by atoms with Crippen molar-refractivity contribution in [3.8, 4) is 11.4 Å². The maximum absolute atomic E-state index is 9.05. The topological polar surface area (TPSA) is 158 Å². The molecule has 3 heterocycles. The zero-order chi connectivity index (χ0) is 26.4. The SMILES string of the molecule is C.CSC(=N)c1cc(C)nc(NC(C)C)c1.Cc1cc(-c2ncn[nH]2)cc(NC(C)C)n1.NCC=O. The van der Waals surface area contributed by atoms with E-state index in [1.165, 1.54) is 18.1 Å². The molecule has 6 N–H and O–H groups in total. The fourth-order valence-corrected chi connectivity index (χ4v) is 3.16. The van der Waals surface area contributed by atoms with E-state index < -0.39 is 0 Å². The highest BCUT2D eigenvalue weighted by atomic mass is 32.2. The Hall–Kier alpha value is -3.31. The van der Waals surface area contributed by atoms with Gasteiger partial charge in [-0.1, -0.05) is 7.43 Å². The first kappa shape index (κ1) is 32.7. The van der Waals surface area contributed by atoms with Crippen molar-refractivity contribution < 1.29 is 4.79 Å². The van der Waals surface area contributed by atoms with E-state index in [1.54, 1.807) is 0 Å². The second kappa shape index (κ2) is 17.2. The normalized spacial score (nSPS) is 9.83. The largest absolute Gasteiger partial charge is 0.368 e. The highest BCUT2D eigenvalue weighted by molar-refractivity contribution is 8.13. The van der Waals surface area contributed by atoms with E-state index in [1.807, 2.05) is 44.4 Å². The lowest BCUT2D eigenvalue weighted by Gasteiger charge is -2.11. The number of nitrogens with zero attached hydrogens (tertiary/aromatic N) is 4. The number of rotatable bonds is 7. The van der Waals surface area contributed by atoms with Crippen LogP contribution in [0.1, 0.15) is 52.1 Å². The minimum absolute atomic E-state index is 0. The zero-order valence-electron chi connectivity index (χ0n) is 21.5. The molecule has 0 atom stereocenters. The van der Waals surface area contributed by atoms with Crippen LogP contribution >= 0.6 is 11.8 Å². The molecule has 11 heteroatoms. The Morgan fingerprint density at radius 3 is 2.03 bits per heavy atom. The number of pyridine rings is 2. The van der Waals surface area contributed by atoms with Gasteiger partial charge < -0.3 is 21.2 Å². The van der Waals surface area contributed by atoms with Crippen molar-refractivity contribution in [1.29, 1.82) is 5.41 Å². The van der Waals surface area contributed by atoms with Crippen LogP contribution in [-0.2, 0) is 4.79 Å². The minimum Gasteiger partial charge on any atom is -0.368 e. The number of hydrogen-bond donors (Lipinski definition) is 5. The number of aryl methyl sites for hydroxylation is 2. The Bertz CT molecular complexity index is 1050. The smallest absolute Gasteiger partial charge is 0.155 e. The molecule has 0 spiro atoms. The number of carbonyl (C=O) groups excluding carboxylic acids is 1. The molecule has 36 heavy (non-hydrogen) atoms. The number of thioether (sulfide) groups is 1. The number of nitrogens with one attached hydrogen (secondary N) is 4. The van der Waals surface area contributed by atoms with E-state index in [2.05, 4.69) is 69.2 Å². The highest BCUT2D eigenvalue weighted by Gasteiger charge is 2.06. The maximum Gasteiger partial charge on any atom is 0.155 e. The molecule has 0 aliphatic heterocycles. The van der Waals surface area contributed by atoms with Gasteiger partial charge in [0, 0.05) is 41.1 Å². The van der Waals surface area contributed by atoms with Gasteiger partial charge in [-0.3, -0.25) is 10.5 Å². The first-order valence-electron chi connectivity index (χ1n) is 11.2. The van der Waals surface area contributed by atoms with E-state index >= 15 is 0 Å². The zero-order valence-corrected chi connectivity index (χ0v) is 22.3. The van der Waals surface area contributed by atoms with Gasteiger partial charge in [-0.2, -0.15) is 5.10 Å². The third-order valence-corrected chi connectivity index (χ3v) is 4.67. The minimum atomic E-state index is 0. The standard InChI is InChI=1S/C11H15N5.C11H17N3S.C2H5NO.CH4/c1-7(2)14-10-5-9(4-8(3)15-10)11-12-6-13-16-11;1-7(2)13-10-6-9(11(12)15-4)5-8(3)14-10;3-1-2-4;/h4-7H,1-3H3,(H,14,15)(H,12,13,16);5-7,12H,1-4H3,(H,13,14);2H,1,3H2;1H4. The maximum atomic E-state index is 9.05. The van der Waals surface area contributed by atoms with Gasteiger partial charge in [0.15, 0.2) is 5.82 Å². The van der Waals surface area contributed by atoms with Crippen LogP contribution in [0.15, 0.2) is 30.6 Å². The van der Waals surface area contributed by atoms with Gasteiger partial charge in [-0.25, -0.2) is 15.0 Å². The van der Waals surface area contributed by atoms with Gasteiger partial charge in [0.1, 0.15) is 24.2 Å². The molecule has 0 fully saturated rings. The van der Waals surface area contributed by atoms with Crippen molar-refractivity contribution in [1.82, 2.24) is 25.1 Å². The van der Waals surface area contributed by atoms with Crippen LogP contribution < -0.4 is 16.4 Å². The monoisotopic (exact) mass is 515 g/mol. The Balaban J connectivity index is 0.000000580. The molecule has 10 nitrogen and oxygen atoms in total. The number of anilines is 2. The van der Waals surface area contributed by atoms with Crippen molar-refractivity contribution in [2.45, 2.75) is 61.1 Å². The molecule has 0 unspecified atom stereocenters. The lowest BCUT2D eigenvalue weighted by atomic mass is 10.2. The van der Waals surface area contributed by atoms with Gasteiger partial charge in [-0.05, 0) is 72.1 Å². The molecule has 3 aromatic heterocycles. The van der Waals surface area contributed by atoms with Crippen molar-refractivity contribution in [3.63, 3.8) is 0 Å². The third-order valence-electron chi connectivity index (χ3n) is 4.03. The molecule has 3 rings (SSSR count). The second-order valence-corrected chi connectivity index (χ2v) is 8.95. The molecule has 0 aromatic carbocycles. The number of H-pyrrole nitrogens is 1. The number of nitrogens with two attached hydrogens (primary N) is 1. The van der Waals surface area contributed by atoms with Crippen LogP contribution in [0.5, 0.6) is 0 Å². The summed E-state index contributed by atoms with van der Waals surface area (Å²) in [5, 5.41) is 21.5. The summed E-state index contributed by atoms with van der Waals surface area (Å²) in [6.45, 7) is 12.4. The molecule has 0 saturated heterocycles. The molecule has 0 aliphatic rings. The summed E-state index contributed by atoms with van der Waals surface area (Å²) in [5.74, 6) is 2.47. The number of aldehydes is 1. The Morgan fingerprint density at radius 1 is 1.06 bits per heavy atom. The quantitative estimate of drug-likeness (QED) is 0.171. The predicted octanol–water partition coefficient (Wildman–Crippen LogP) is 4.67. The molecule has 3 aromatic rings. The van der Waals surface area contributed by atoms with Crippen LogP contribution in [0.2, 0.25) is 0 Å². The first-order chi connectivity index (χ1) is 16.6. The molecular formula is C25H41N9OS. The molecule has 0 bridgehead atoms. The Labute approximate surface area is 219 Å². The number of hydrogen-bond acceptors (Lipinski definition) is 10. The Morgan fingerprint density at radius 2 is 1.58 bits per heavy atom. The molecule has 0 radical (unpaired) electrons. The van der Waals surface area contributed by atoms with Crippen LogP contribution in [0.25, 0.3) is 11.4 Å². The van der Waals surface area contributed by atoms with E-state index in [9.17, 15) is 0 Å². The summed E-state index contributed by atoms with van der Waals surface area (Å²) in [7, 11) is 0. The van der Waals surface area contributed by atoms with Crippen LogP contribution in [0, 0.1) is 19.3 Å². The summed E-state index contributed by atoms with van der Waals surface area (Å²) >= 11 is 1.44. The summed E-state index contributed by atoms with van der Waals surface area (Å²) in [4.78, 5) is 22.0. The number of carbonyl (C=O) groups is 1. The van der Waals surface area contributed by atoms with E-state index in [4.69, 9.17) is 10.2 Å². The average molecular weight is 516 g/mol. The highest BCUT2D eigenvalue weighted by Crippen LogP contribution is 2.19. The van der Waals surface area contributed by atoms with Crippen LogP contribution in [-0.4, -0.2) is 61.4 Å². The molecule has 0 saturated carbocycles. The van der Waals surface area contributed by atoms with Gasteiger partial charge >= 0.3 is 0 Å². The summed E-state index contributed by atoms with van der Waals surface area (Å²) in [5.41, 5.74) is 8.48. The number of aromatic nitrogens is 5. The van der Waals surface area contributed by atoms with E-state index in [-0.39, 0.29) is 14.0 Å². The van der Waals surface area contributed by atoms with Gasteiger partial charge in [0.2, 0.25) is 0 Å². The van der Waals surface area contributed by atoms with Gasteiger partial charge in [-0.15, -0.1) is 11.8 Å². The predicted molar refractivity (Wildman–Crippen MR) is 153 cm³/mol. The molecular weight excluding hydrogens is 474 g/mol. The van der Waals surface area contributed by atoms with Crippen molar-refractivity contribution in [2.24, 2.45) is 5.73 Å². The van der Waals surface area contributed by atoms with Crippen molar-refractivity contribution in [2.75, 3.05) is 23.4 Å². The number of aromatic amines is 1. The molecule has 198 valence electrons. The van der Waals surface area contributed by atoms with E-state index in [0.29, 0.717) is 23.4 Å². The fraction of sp³-hybridized carbons (Fsp3) is 0.440.